The predicted molar refractivity (Wildman–Crippen MR) is 238 cm³/mol. The average Bonchev–Trinajstić information content (AvgIpc) is 3.69. The molecule has 0 amide bonds. The number of fused-ring (bicyclic) bond motifs is 7. The molecule has 3 aromatic heterocycles. The molecular formula is C52H32N4S. The number of pyridine rings is 1. The average molecular weight is 745 g/mol. The van der Waals surface area contributed by atoms with Gasteiger partial charge >= 0.3 is 0 Å². The van der Waals surface area contributed by atoms with Crippen molar-refractivity contribution in [3.63, 3.8) is 0 Å². The van der Waals surface area contributed by atoms with Crippen LogP contribution in [0, 0.1) is 0 Å². The maximum atomic E-state index is 5.24. The van der Waals surface area contributed by atoms with Gasteiger partial charge in [0.2, 0.25) is 0 Å². The van der Waals surface area contributed by atoms with E-state index in [-0.39, 0.29) is 0 Å². The Hall–Kier alpha value is -7.34. The smallest absolute Gasteiger partial charge is 0.164 e. The number of nitrogens with zero attached hydrogens (tertiary/aromatic N) is 4. The molecule has 0 spiro atoms. The third kappa shape index (κ3) is 5.84. The van der Waals surface area contributed by atoms with Crippen molar-refractivity contribution in [3.8, 4) is 67.7 Å². The highest BCUT2D eigenvalue weighted by Gasteiger charge is 2.20. The summed E-state index contributed by atoms with van der Waals surface area (Å²) in [6, 6.07) is 67.8. The number of para-hydroxylation sites is 1. The first kappa shape index (κ1) is 33.0. The number of hydrogen-bond donors (Lipinski definition) is 0. The first-order chi connectivity index (χ1) is 28.2. The number of benzene rings is 8. The Morgan fingerprint density at radius 1 is 0.298 bits per heavy atom. The van der Waals surface area contributed by atoms with Gasteiger partial charge in [0.15, 0.2) is 17.5 Å². The van der Waals surface area contributed by atoms with Gasteiger partial charge in [-0.05, 0) is 34.4 Å². The standard InChI is InChI=1S/C52H32N4S/c1-4-13-33(14-5-1)35-23-27-38(28-24-35)50-54-51(39-29-25-36(26-30-39)34-15-6-2-7-16-34)56-52(55-50)43-20-12-22-45-46(43)42-32-31-41-47(49(42)57-45)40-19-10-11-21-44(40)53-48(41)37-17-8-3-9-18-37/h1-32H. The third-order valence-electron chi connectivity index (χ3n) is 10.8. The SMILES string of the molecule is c1ccc(-c2ccc(-c3nc(-c4ccc(-c5ccccc5)cc4)nc(-c4cccc5sc6c(ccc7c(-c8ccccc8)nc8ccccc8c76)c45)n3)cc2)cc1. The second-order valence-corrected chi connectivity index (χ2v) is 15.2. The molecule has 3 heterocycles. The zero-order chi connectivity index (χ0) is 37.7. The monoisotopic (exact) mass is 744 g/mol. The predicted octanol–water partition coefficient (Wildman–Crippen LogP) is 13.9. The molecule has 8 aromatic carbocycles. The number of rotatable bonds is 6. The second-order valence-electron chi connectivity index (χ2n) is 14.2. The van der Waals surface area contributed by atoms with Crippen LogP contribution in [0.5, 0.6) is 0 Å². The molecule has 0 unspecified atom stereocenters. The lowest BCUT2D eigenvalue weighted by Crippen LogP contribution is -2.00. The molecule has 4 nitrogen and oxygen atoms in total. The van der Waals surface area contributed by atoms with Crippen LogP contribution in [0.1, 0.15) is 0 Å². The van der Waals surface area contributed by atoms with Crippen molar-refractivity contribution in [2.24, 2.45) is 0 Å². The molecular weight excluding hydrogens is 713 g/mol. The zero-order valence-electron chi connectivity index (χ0n) is 30.7. The van der Waals surface area contributed by atoms with E-state index in [1.165, 1.54) is 31.3 Å². The van der Waals surface area contributed by atoms with Crippen molar-refractivity contribution < 1.29 is 0 Å². The summed E-state index contributed by atoms with van der Waals surface area (Å²) in [7, 11) is 0. The Balaban J connectivity index is 1.12. The highest BCUT2D eigenvalue weighted by atomic mass is 32.1. The first-order valence-electron chi connectivity index (χ1n) is 19.1. The molecule has 5 heteroatoms. The van der Waals surface area contributed by atoms with Gasteiger partial charge in [0.05, 0.1) is 11.2 Å². The summed E-state index contributed by atoms with van der Waals surface area (Å²) in [5, 5.41) is 5.83. The molecule has 0 saturated heterocycles. The molecule has 0 atom stereocenters. The maximum absolute atomic E-state index is 5.24. The van der Waals surface area contributed by atoms with E-state index in [9.17, 15) is 0 Å². The molecule has 11 aromatic rings. The summed E-state index contributed by atoms with van der Waals surface area (Å²) < 4.78 is 2.41. The molecule has 266 valence electrons. The van der Waals surface area contributed by atoms with Crippen LogP contribution in [0.4, 0.5) is 0 Å². The maximum Gasteiger partial charge on any atom is 0.164 e. The lowest BCUT2D eigenvalue weighted by molar-refractivity contribution is 1.08. The molecule has 11 rings (SSSR count). The lowest BCUT2D eigenvalue weighted by Gasteiger charge is -2.12. The van der Waals surface area contributed by atoms with Gasteiger partial charge in [0, 0.05) is 58.6 Å². The van der Waals surface area contributed by atoms with Crippen molar-refractivity contribution in [3.05, 3.63) is 194 Å². The van der Waals surface area contributed by atoms with E-state index in [2.05, 4.69) is 182 Å². The van der Waals surface area contributed by atoms with E-state index in [1.54, 1.807) is 0 Å². The summed E-state index contributed by atoms with van der Waals surface area (Å²) in [6.07, 6.45) is 0. The topological polar surface area (TPSA) is 51.6 Å². The van der Waals surface area contributed by atoms with E-state index in [4.69, 9.17) is 19.9 Å². The van der Waals surface area contributed by atoms with Crippen LogP contribution in [0.15, 0.2) is 194 Å². The third-order valence-corrected chi connectivity index (χ3v) is 11.9. The highest BCUT2D eigenvalue weighted by molar-refractivity contribution is 7.27. The van der Waals surface area contributed by atoms with Gasteiger partial charge in [-0.1, -0.05) is 182 Å². The van der Waals surface area contributed by atoms with Gasteiger partial charge in [-0.3, -0.25) is 0 Å². The van der Waals surface area contributed by atoms with Gasteiger partial charge in [-0.25, -0.2) is 19.9 Å². The van der Waals surface area contributed by atoms with Crippen LogP contribution in [0.25, 0.3) is 110 Å². The van der Waals surface area contributed by atoms with E-state index in [1.807, 2.05) is 23.5 Å². The number of hydrogen-bond acceptors (Lipinski definition) is 5. The largest absolute Gasteiger partial charge is 0.247 e. The van der Waals surface area contributed by atoms with Crippen molar-refractivity contribution in [2.45, 2.75) is 0 Å². The normalized spacial score (nSPS) is 11.5. The van der Waals surface area contributed by atoms with E-state index >= 15 is 0 Å². The van der Waals surface area contributed by atoms with Gasteiger partial charge in [-0.15, -0.1) is 11.3 Å². The minimum absolute atomic E-state index is 0.633. The summed E-state index contributed by atoms with van der Waals surface area (Å²) >= 11 is 1.82. The summed E-state index contributed by atoms with van der Waals surface area (Å²) in [5.41, 5.74) is 10.5. The van der Waals surface area contributed by atoms with Crippen LogP contribution in [-0.2, 0) is 0 Å². The highest BCUT2D eigenvalue weighted by Crippen LogP contribution is 2.46. The van der Waals surface area contributed by atoms with Crippen molar-refractivity contribution in [1.82, 2.24) is 19.9 Å². The van der Waals surface area contributed by atoms with Crippen LogP contribution in [0.2, 0.25) is 0 Å². The molecule has 0 saturated carbocycles. The molecule has 0 radical (unpaired) electrons. The van der Waals surface area contributed by atoms with Crippen LogP contribution in [0.3, 0.4) is 0 Å². The van der Waals surface area contributed by atoms with E-state index in [0.717, 1.165) is 60.8 Å². The molecule has 0 fully saturated rings. The minimum atomic E-state index is 0.633. The van der Waals surface area contributed by atoms with E-state index in [0.29, 0.717) is 17.5 Å². The Morgan fingerprint density at radius 3 is 1.40 bits per heavy atom. The fourth-order valence-electron chi connectivity index (χ4n) is 7.96. The summed E-state index contributed by atoms with van der Waals surface area (Å²) in [6.45, 7) is 0. The fourth-order valence-corrected chi connectivity index (χ4v) is 9.25. The number of aromatic nitrogens is 4. The quantitative estimate of drug-likeness (QED) is 0.159. The van der Waals surface area contributed by atoms with Crippen LogP contribution < -0.4 is 0 Å². The first-order valence-corrected chi connectivity index (χ1v) is 19.9. The van der Waals surface area contributed by atoms with Gasteiger partial charge in [-0.2, -0.15) is 0 Å². The van der Waals surface area contributed by atoms with Crippen molar-refractivity contribution in [2.75, 3.05) is 0 Å². The van der Waals surface area contributed by atoms with Crippen molar-refractivity contribution in [1.29, 1.82) is 0 Å². The summed E-state index contributed by atoms with van der Waals surface area (Å²) in [5.74, 6) is 1.91. The number of thiophene rings is 1. The van der Waals surface area contributed by atoms with Gasteiger partial charge in [0.25, 0.3) is 0 Å². The molecule has 57 heavy (non-hydrogen) atoms. The fraction of sp³-hybridized carbons (Fsp3) is 0. The minimum Gasteiger partial charge on any atom is -0.247 e. The van der Waals surface area contributed by atoms with Crippen LogP contribution in [-0.4, -0.2) is 19.9 Å². The molecule has 0 aliphatic heterocycles. The Morgan fingerprint density at radius 2 is 0.789 bits per heavy atom. The molecule has 0 aliphatic rings. The Labute approximate surface area is 333 Å². The summed E-state index contributed by atoms with van der Waals surface area (Å²) in [4.78, 5) is 20.8. The van der Waals surface area contributed by atoms with Crippen molar-refractivity contribution >= 4 is 53.2 Å². The van der Waals surface area contributed by atoms with Crippen LogP contribution >= 0.6 is 11.3 Å². The lowest BCUT2D eigenvalue weighted by atomic mass is 9.97. The molecule has 0 N–H and O–H groups in total. The molecule has 0 bridgehead atoms. The van der Waals surface area contributed by atoms with Gasteiger partial charge < -0.3 is 0 Å². The zero-order valence-corrected chi connectivity index (χ0v) is 31.5. The second kappa shape index (κ2) is 13.7. The Bertz CT molecular complexity index is 3150. The van der Waals surface area contributed by atoms with Gasteiger partial charge in [0.1, 0.15) is 0 Å². The van der Waals surface area contributed by atoms with E-state index < -0.39 is 0 Å². The Kier molecular flexibility index (Phi) is 7.97. The molecule has 0 aliphatic carbocycles.